The molecule has 0 heterocycles. The van der Waals surface area contributed by atoms with Crippen LogP contribution in [-0.2, 0) is 16.6 Å². The number of benzene rings is 1. The first-order valence-electron chi connectivity index (χ1n) is 6.57. The molecule has 18 heavy (non-hydrogen) atoms. The molecular formula is C15H23NO2. The van der Waals surface area contributed by atoms with Crippen molar-refractivity contribution in [1.29, 1.82) is 0 Å². The van der Waals surface area contributed by atoms with Gasteiger partial charge in [-0.2, -0.15) is 0 Å². The fourth-order valence-electron chi connectivity index (χ4n) is 3.22. The van der Waals surface area contributed by atoms with Crippen molar-refractivity contribution in [2.24, 2.45) is 5.73 Å². The summed E-state index contributed by atoms with van der Waals surface area (Å²) in [6, 6.07) is 8.33. The smallest absolute Gasteiger partial charge is 0.0750 e. The molecule has 1 aromatic rings. The van der Waals surface area contributed by atoms with Crippen LogP contribution in [-0.4, -0.2) is 31.0 Å². The molecule has 0 fully saturated rings. The second-order valence-electron chi connectivity index (χ2n) is 5.46. The largest absolute Gasteiger partial charge is 0.389 e. The van der Waals surface area contributed by atoms with Crippen molar-refractivity contribution in [3.8, 4) is 0 Å². The van der Waals surface area contributed by atoms with E-state index >= 15 is 0 Å². The van der Waals surface area contributed by atoms with E-state index in [1.54, 1.807) is 7.11 Å². The van der Waals surface area contributed by atoms with Crippen molar-refractivity contribution < 1.29 is 9.84 Å². The van der Waals surface area contributed by atoms with Crippen LogP contribution in [0.25, 0.3) is 0 Å². The third-order valence-electron chi connectivity index (χ3n) is 4.53. The predicted octanol–water partition coefficient (Wildman–Crippen LogP) is 1.62. The molecule has 3 heteroatoms. The SMILES string of the molecule is COCCC(C)(O)C1(CN)CCc2ccccc21. The number of hydrogen-bond acceptors (Lipinski definition) is 3. The number of aryl methyl sites for hydroxylation is 1. The Balaban J connectivity index is 2.38. The van der Waals surface area contributed by atoms with Gasteiger partial charge in [0.1, 0.15) is 0 Å². The molecular weight excluding hydrogens is 226 g/mol. The molecule has 0 aliphatic heterocycles. The first-order valence-corrected chi connectivity index (χ1v) is 6.57. The van der Waals surface area contributed by atoms with Crippen LogP contribution in [0.1, 0.15) is 30.9 Å². The Morgan fingerprint density at radius 1 is 1.44 bits per heavy atom. The molecule has 0 saturated carbocycles. The van der Waals surface area contributed by atoms with Crippen LogP contribution in [0.3, 0.4) is 0 Å². The van der Waals surface area contributed by atoms with Gasteiger partial charge >= 0.3 is 0 Å². The van der Waals surface area contributed by atoms with Gasteiger partial charge in [-0.3, -0.25) is 0 Å². The molecule has 2 atom stereocenters. The van der Waals surface area contributed by atoms with E-state index < -0.39 is 5.60 Å². The van der Waals surface area contributed by atoms with Crippen LogP contribution in [0.15, 0.2) is 24.3 Å². The number of fused-ring (bicyclic) bond motifs is 1. The van der Waals surface area contributed by atoms with E-state index in [1.165, 1.54) is 11.1 Å². The van der Waals surface area contributed by atoms with Gasteiger partial charge in [-0.1, -0.05) is 24.3 Å². The molecule has 1 aliphatic carbocycles. The molecule has 0 saturated heterocycles. The summed E-state index contributed by atoms with van der Waals surface area (Å²) < 4.78 is 5.11. The van der Waals surface area contributed by atoms with Crippen molar-refractivity contribution in [1.82, 2.24) is 0 Å². The van der Waals surface area contributed by atoms with Crippen LogP contribution in [0.5, 0.6) is 0 Å². The molecule has 3 nitrogen and oxygen atoms in total. The topological polar surface area (TPSA) is 55.5 Å². The van der Waals surface area contributed by atoms with E-state index in [1.807, 2.05) is 13.0 Å². The van der Waals surface area contributed by atoms with Crippen LogP contribution < -0.4 is 5.73 Å². The van der Waals surface area contributed by atoms with Crippen molar-refractivity contribution in [2.75, 3.05) is 20.3 Å². The van der Waals surface area contributed by atoms with Gasteiger partial charge in [-0.05, 0) is 30.9 Å². The summed E-state index contributed by atoms with van der Waals surface area (Å²) >= 11 is 0. The van der Waals surface area contributed by atoms with E-state index in [2.05, 4.69) is 18.2 Å². The summed E-state index contributed by atoms with van der Waals surface area (Å²) in [6.45, 7) is 2.92. The van der Waals surface area contributed by atoms with Crippen LogP contribution >= 0.6 is 0 Å². The molecule has 1 aromatic carbocycles. The number of ether oxygens (including phenoxy) is 1. The van der Waals surface area contributed by atoms with Gasteiger partial charge in [-0.15, -0.1) is 0 Å². The van der Waals surface area contributed by atoms with E-state index in [4.69, 9.17) is 10.5 Å². The Hall–Kier alpha value is -0.900. The highest BCUT2D eigenvalue weighted by molar-refractivity contribution is 5.42. The molecule has 0 aromatic heterocycles. The Morgan fingerprint density at radius 2 is 2.17 bits per heavy atom. The zero-order valence-corrected chi connectivity index (χ0v) is 11.3. The summed E-state index contributed by atoms with van der Waals surface area (Å²) in [6.07, 6.45) is 2.52. The van der Waals surface area contributed by atoms with Gasteiger partial charge in [0.25, 0.3) is 0 Å². The van der Waals surface area contributed by atoms with Gasteiger partial charge < -0.3 is 15.6 Å². The minimum Gasteiger partial charge on any atom is -0.389 e. The molecule has 0 spiro atoms. The molecule has 1 aliphatic rings. The predicted molar refractivity (Wildman–Crippen MR) is 72.6 cm³/mol. The van der Waals surface area contributed by atoms with Gasteiger partial charge in [-0.25, -0.2) is 0 Å². The second kappa shape index (κ2) is 5.00. The fourth-order valence-corrected chi connectivity index (χ4v) is 3.22. The van der Waals surface area contributed by atoms with Gasteiger partial charge in [0.2, 0.25) is 0 Å². The minimum absolute atomic E-state index is 0.331. The zero-order chi connectivity index (χ0) is 13.2. The highest BCUT2D eigenvalue weighted by Crippen LogP contribution is 2.46. The van der Waals surface area contributed by atoms with E-state index in [0.29, 0.717) is 19.6 Å². The van der Waals surface area contributed by atoms with Crippen molar-refractivity contribution >= 4 is 0 Å². The summed E-state index contributed by atoms with van der Waals surface area (Å²) in [5.74, 6) is 0. The summed E-state index contributed by atoms with van der Waals surface area (Å²) in [4.78, 5) is 0. The lowest BCUT2D eigenvalue weighted by molar-refractivity contribution is -0.0427. The first-order chi connectivity index (χ1) is 8.57. The maximum Gasteiger partial charge on any atom is 0.0750 e. The monoisotopic (exact) mass is 249 g/mol. The lowest BCUT2D eigenvalue weighted by atomic mass is 9.67. The van der Waals surface area contributed by atoms with Crippen LogP contribution in [0.4, 0.5) is 0 Å². The van der Waals surface area contributed by atoms with Crippen molar-refractivity contribution in [3.05, 3.63) is 35.4 Å². The third kappa shape index (κ3) is 1.96. The highest BCUT2D eigenvalue weighted by Gasteiger charge is 2.50. The zero-order valence-electron chi connectivity index (χ0n) is 11.3. The van der Waals surface area contributed by atoms with Gasteiger partial charge in [0, 0.05) is 32.1 Å². The summed E-state index contributed by atoms with van der Waals surface area (Å²) in [7, 11) is 1.66. The molecule has 0 radical (unpaired) electrons. The quantitative estimate of drug-likeness (QED) is 0.833. The molecule has 3 N–H and O–H groups in total. The van der Waals surface area contributed by atoms with Gasteiger partial charge in [0.15, 0.2) is 0 Å². The standard InChI is InChI=1S/C15H23NO2/c1-14(17,9-10-18-2)15(11-16)8-7-12-5-3-4-6-13(12)15/h3-6,17H,7-11,16H2,1-2H3. The fraction of sp³-hybridized carbons (Fsp3) is 0.600. The molecule has 100 valence electrons. The maximum atomic E-state index is 10.9. The highest BCUT2D eigenvalue weighted by atomic mass is 16.5. The molecule has 0 bridgehead atoms. The molecule has 2 rings (SSSR count). The lowest BCUT2D eigenvalue weighted by Crippen LogP contribution is -2.53. The molecule has 0 amide bonds. The first kappa shape index (κ1) is 13.5. The molecule has 2 unspecified atom stereocenters. The van der Waals surface area contributed by atoms with E-state index in [9.17, 15) is 5.11 Å². The normalized spacial score (nSPS) is 25.8. The summed E-state index contributed by atoms with van der Waals surface area (Å²) in [5.41, 5.74) is 7.42. The maximum absolute atomic E-state index is 10.9. The number of aliphatic hydroxyl groups is 1. The number of rotatable bonds is 5. The third-order valence-corrected chi connectivity index (χ3v) is 4.53. The number of nitrogens with two attached hydrogens (primary N) is 1. The van der Waals surface area contributed by atoms with E-state index in [0.717, 1.165) is 12.8 Å². The average molecular weight is 249 g/mol. The van der Waals surface area contributed by atoms with Crippen LogP contribution in [0.2, 0.25) is 0 Å². The lowest BCUT2D eigenvalue weighted by Gasteiger charge is -2.43. The minimum atomic E-state index is -0.829. The van der Waals surface area contributed by atoms with Gasteiger partial charge in [0.05, 0.1) is 5.60 Å². The Bertz CT molecular complexity index is 417. The number of methoxy groups -OCH3 is 1. The second-order valence-corrected chi connectivity index (χ2v) is 5.46. The number of hydrogen-bond donors (Lipinski definition) is 2. The summed E-state index contributed by atoms with van der Waals surface area (Å²) in [5, 5.41) is 10.9. The Morgan fingerprint density at radius 3 is 2.83 bits per heavy atom. The van der Waals surface area contributed by atoms with E-state index in [-0.39, 0.29) is 5.41 Å². The van der Waals surface area contributed by atoms with Crippen LogP contribution in [0, 0.1) is 0 Å². The van der Waals surface area contributed by atoms with Crippen molar-refractivity contribution in [3.63, 3.8) is 0 Å². The Labute approximate surface area is 109 Å². The van der Waals surface area contributed by atoms with Crippen molar-refractivity contribution in [2.45, 2.75) is 37.2 Å². The Kier molecular flexibility index (Phi) is 3.76. The average Bonchev–Trinajstić information content (AvgIpc) is 2.77.